The number of benzene rings is 4. The van der Waals surface area contributed by atoms with Crippen LogP contribution in [-0.4, -0.2) is 23.2 Å². The fourth-order valence-electron chi connectivity index (χ4n) is 10.0. The van der Waals surface area contributed by atoms with Gasteiger partial charge in [-0.05, 0) is 63.8 Å². The summed E-state index contributed by atoms with van der Waals surface area (Å²) in [6, 6.07) is 27.0. The maximum absolute atomic E-state index is 6.69. The predicted octanol–water partition coefficient (Wildman–Crippen LogP) is 15.8. The van der Waals surface area contributed by atoms with Gasteiger partial charge in [-0.15, -0.1) is 41.2 Å². The van der Waals surface area contributed by atoms with Gasteiger partial charge in [0.1, 0.15) is 11.2 Å². The van der Waals surface area contributed by atoms with E-state index in [0.717, 1.165) is 38.6 Å². The first-order chi connectivity index (χ1) is 27.2. The SMILES string of the molecule is CC(C)(C)c1cc(-c2nccc3c2ccc2c4cc5c(cc4oc32)C(C)(C)CCC5(C)C)[c-]c2ccccc12.CC(C)C([N-]C1CCCCC1)[N-]C1CCCCC1.[Ir+3]. The first kappa shape index (κ1) is 43.0. The topological polar surface area (TPSA) is 54.2 Å². The largest absolute Gasteiger partial charge is 3.00 e. The second kappa shape index (κ2) is 17.1. The van der Waals surface area contributed by atoms with Crippen LogP contribution in [0.3, 0.4) is 0 Å². The summed E-state index contributed by atoms with van der Waals surface area (Å²) in [5, 5.41) is 17.1. The Kier molecular flexibility index (Phi) is 12.7. The Hall–Kier alpha value is -3.08. The van der Waals surface area contributed by atoms with Crippen LogP contribution in [0.25, 0.3) is 65.4 Å². The van der Waals surface area contributed by atoms with Gasteiger partial charge in [-0.3, -0.25) is 4.98 Å². The molecule has 2 saturated carbocycles. The molecular weight excluding hydrogens is 887 g/mol. The molecule has 6 aromatic rings. The second-order valence-electron chi connectivity index (χ2n) is 20.4. The van der Waals surface area contributed by atoms with Crippen molar-refractivity contribution in [2.24, 2.45) is 5.92 Å². The van der Waals surface area contributed by atoms with Gasteiger partial charge in [0.05, 0.1) is 0 Å². The molecule has 0 amide bonds. The van der Waals surface area contributed by atoms with E-state index < -0.39 is 0 Å². The molecule has 5 heteroatoms. The zero-order valence-corrected chi connectivity index (χ0v) is 39.1. The van der Waals surface area contributed by atoms with Gasteiger partial charge in [0.15, 0.2) is 0 Å². The van der Waals surface area contributed by atoms with E-state index in [9.17, 15) is 0 Å². The van der Waals surface area contributed by atoms with Crippen LogP contribution < -0.4 is 0 Å². The number of fused-ring (bicyclic) bond motifs is 7. The van der Waals surface area contributed by atoms with E-state index in [0.29, 0.717) is 18.0 Å². The molecule has 4 nitrogen and oxygen atoms in total. The van der Waals surface area contributed by atoms with E-state index >= 15 is 0 Å². The van der Waals surface area contributed by atoms with E-state index in [1.807, 2.05) is 6.20 Å². The molecule has 0 aliphatic heterocycles. The van der Waals surface area contributed by atoms with Gasteiger partial charge in [0, 0.05) is 28.0 Å². The quantitative estimate of drug-likeness (QED) is 0.156. The Bertz CT molecular complexity index is 2350. The van der Waals surface area contributed by atoms with Crippen molar-refractivity contribution < 1.29 is 24.5 Å². The fourth-order valence-corrected chi connectivity index (χ4v) is 10.0. The van der Waals surface area contributed by atoms with Crippen molar-refractivity contribution in [3.8, 4) is 11.3 Å². The normalized spacial score (nSPS) is 18.7. The molecule has 3 aliphatic carbocycles. The van der Waals surface area contributed by atoms with Gasteiger partial charge in [-0.25, -0.2) is 6.17 Å². The molecule has 9 rings (SSSR count). The Morgan fingerprint density at radius 2 is 1.26 bits per heavy atom. The van der Waals surface area contributed by atoms with Crippen LogP contribution in [0, 0.1) is 12.0 Å². The molecule has 0 atom stereocenters. The predicted molar refractivity (Wildman–Crippen MR) is 244 cm³/mol. The Labute approximate surface area is 362 Å². The smallest absolute Gasteiger partial charge is 0.675 e. The van der Waals surface area contributed by atoms with Crippen LogP contribution in [0.4, 0.5) is 0 Å². The summed E-state index contributed by atoms with van der Waals surface area (Å²) in [6.45, 7) is 20.9. The fraction of sp³-hybridized carbons (Fsp3) is 0.528. The Balaban J connectivity index is 0.000000227. The van der Waals surface area contributed by atoms with Crippen molar-refractivity contribution in [3.63, 3.8) is 0 Å². The molecular formula is C53H66IrN3O. The van der Waals surface area contributed by atoms with Crippen LogP contribution in [0.2, 0.25) is 0 Å². The minimum Gasteiger partial charge on any atom is -0.675 e. The van der Waals surface area contributed by atoms with E-state index in [-0.39, 0.29) is 42.5 Å². The molecule has 0 saturated heterocycles. The van der Waals surface area contributed by atoms with Crippen molar-refractivity contribution in [1.29, 1.82) is 0 Å². The number of furan rings is 1. The minimum absolute atomic E-state index is 0. The second-order valence-corrected chi connectivity index (χ2v) is 20.4. The maximum Gasteiger partial charge on any atom is 3.00 e. The van der Waals surface area contributed by atoms with Gasteiger partial charge in [0.2, 0.25) is 0 Å². The minimum atomic E-state index is 0. The molecule has 0 radical (unpaired) electrons. The Morgan fingerprint density at radius 1 is 0.690 bits per heavy atom. The van der Waals surface area contributed by atoms with Crippen molar-refractivity contribution in [3.05, 3.63) is 100 Å². The van der Waals surface area contributed by atoms with Crippen LogP contribution >= 0.6 is 0 Å². The van der Waals surface area contributed by atoms with E-state index in [4.69, 9.17) is 20.0 Å². The van der Waals surface area contributed by atoms with E-state index in [2.05, 4.69) is 129 Å². The monoisotopic (exact) mass is 953 g/mol. The van der Waals surface area contributed by atoms with Gasteiger partial charge in [-0.1, -0.05) is 174 Å². The van der Waals surface area contributed by atoms with Crippen molar-refractivity contribution in [2.45, 2.75) is 174 Å². The van der Waals surface area contributed by atoms with Crippen LogP contribution in [-0.2, 0) is 36.4 Å². The first-order valence-corrected chi connectivity index (χ1v) is 22.3. The van der Waals surface area contributed by atoms with Gasteiger partial charge in [-0.2, -0.15) is 0 Å². The maximum atomic E-state index is 6.69. The summed E-state index contributed by atoms with van der Waals surface area (Å²) in [5.41, 5.74) is 8.41. The molecule has 0 unspecified atom stereocenters. The molecule has 2 heterocycles. The van der Waals surface area contributed by atoms with Gasteiger partial charge >= 0.3 is 20.1 Å². The summed E-state index contributed by atoms with van der Waals surface area (Å²) in [4.78, 5) is 4.90. The van der Waals surface area contributed by atoms with Crippen LogP contribution in [0.15, 0.2) is 71.3 Å². The molecule has 2 fully saturated rings. The number of nitrogens with zero attached hydrogens (tertiary/aromatic N) is 3. The van der Waals surface area contributed by atoms with E-state index in [1.165, 1.54) is 110 Å². The molecule has 4 aromatic carbocycles. The Morgan fingerprint density at radius 3 is 1.86 bits per heavy atom. The zero-order chi connectivity index (χ0) is 40.1. The number of rotatable bonds is 6. The molecule has 308 valence electrons. The van der Waals surface area contributed by atoms with E-state index in [1.54, 1.807) is 0 Å². The molecule has 0 N–H and O–H groups in total. The molecule has 3 aliphatic rings. The summed E-state index contributed by atoms with van der Waals surface area (Å²) >= 11 is 0. The average Bonchev–Trinajstić information content (AvgIpc) is 3.57. The zero-order valence-electron chi connectivity index (χ0n) is 36.7. The third-order valence-corrected chi connectivity index (χ3v) is 13.7. The third-order valence-electron chi connectivity index (χ3n) is 13.7. The van der Waals surface area contributed by atoms with Crippen molar-refractivity contribution in [1.82, 2.24) is 4.98 Å². The van der Waals surface area contributed by atoms with Gasteiger partial charge < -0.3 is 15.1 Å². The summed E-state index contributed by atoms with van der Waals surface area (Å²) in [5.74, 6) is 0.578. The van der Waals surface area contributed by atoms with Crippen LogP contribution in [0.1, 0.15) is 156 Å². The van der Waals surface area contributed by atoms with Gasteiger partial charge in [0.25, 0.3) is 0 Å². The summed E-state index contributed by atoms with van der Waals surface area (Å²) < 4.78 is 6.69. The number of hydrogen-bond acceptors (Lipinski definition) is 2. The first-order valence-electron chi connectivity index (χ1n) is 22.3. The van der Waals surface area contributed by atoms with Crippen molar-refractivity contribution in [2.75, 3.05) is 0 Å². The molecule has 58 heavy (non-hydrogen) atoms. The summed E-state index contributed by atoms with van der Waals surface area (Å²) in [6.07, 6.45) is 18.2. The number of pyridine rings is 1. The van der Waals surface area contributed by atoms with Crippen LogP contribution in [0.5, 0.6) is 0 Å². The average molecular weight is 953 g/mol. The van der Waals surface area contributed by atoms with Crippen molar-refractivity contribution >= 4 is 43.5 Å². The summed E-state index contributed by atoms with van der Waals surface area (Å²) in [7, 11) is 0. The molecule has 2 aromatic heterocycles. The molecule has 0 spiro atoms. The molecule has 0 bridgehead atoms. The standard InChI is InChI=1S/C37H36NO.C16H30N2.Ir/c1-35(2,3)29-19-23(18-22-10-8-9-11-24(22)29)33-25-12-13-26-28-20-30-31(37(6,7)16-15-36(30,4)5)21-32(28)39-34(26)27(25)14-17-38-33;1-13(2)16(17-14-9-5-3-6-10-14)18-15-11-7-4-8-12-15;/h8-14,17,19-21H,15-16H2,1-7H3;13-16H,3-12H2,1-2H3;/q-1;-2;+3. The number of aromatic nitrogens is 1. The number of hydrogen-bond donors (Lipinski definition) is 0. The third kappa shape index (κ3) is 8.72.